The molecule has 0 aromatic heterocycles. The van der Waals surface area contributed by atoms with Crippen molar-refractivity contribution in [3.05, 3.63) is 42.0 Å². The lowest BCUT2D eigenvalue weighted by molar-refractivity contribution is -0.141. The van der Waals surface area contributed by atoms with Gasteiger partial charge in [0.05, 0.1) is 11.5 Å². The molecule has 2 aromatic carbocycles. The summed E-state index contributed by atoms with van der Waals surface area (Å²) in [6.45, 7) is 0.160. The van der Waals surface area contributed by atoms with E-state index >= 15 is 0 Å². The number of rotatable bonds is 3. The Morgan fingerprint density at radius 1 is 1.05 bits per heavy atom. The minimum Gasteiger partial charge on any atom is -0.481 e. The van der Waals surface area contributed by atoms with Crippen LogP contribution in [0, 0.1) is 5.92 Å². The number of benzene rings is 2. The Morgan fingerprint density at radius 2 is 1.73 bits per heavy atom. The Hall–Kier alpha value is -2.89. The molecule has 1 atom stereocenters. The first-order valence-corrected chi connectivity index (χ1v) is 6.76. The molecule has 0 spiro atoms. The third-order valence-electron chi connectivity index (χ3n) is 3.86. The van der Waals surface area contributed by atoms with Gasteiger partial charge in [-0.2, -0.15) is 0 Å². The molecule has 0 saturated carbocycles. The Balaban J connectivity index is 1.96. The number of carboxylic acids is 2. The fourth-order valence-electron chi connectivity index (χ4n) is 2.66. The van der Waals surface area contributed by atoms with Gasteiger partial charge in [-0.15, -0.1) is 0 Å². The molecule has 0 aliphatic carbocycles. The number of carbonyl (C=O) groups is 3. The first kappa shape index (κ1) is 14.1. The highest BCUT2D eigenvalue weighted by Crippen LogP contribution is 2.28. The van der Waals surface area contributed by atoms with Crippen LogP contribution in [0.15, 0.2) is 36.4 Å². The maximum Gasteiger partial charge on any atom is 0.335 e. The molecule has 0 radical (unpaired) electrons. The molecule has 2 N–H and O–H groups in total. The number of amides is 1. The highest BCUT2D eigenvalue weighted by molar-refractivity contribution is 6.01. The minimum atomic E-state index is -0.995. The molecule has 0 bridgehead atoms. The number of hydrogen-bond donors (Lipinski definition) is 2. The average molecular weight is 299 g/mol. The van der Waals surface area contributed by atoms with Crippen LogP contribution in [-0.2, 0) is 9.59 Å². The van der Waals surface area contributed by atoms with Crippen molar-refractivity contribution in [3.63, 3.8) is 0 Å². The van der Waals surface area contributed by atoms with Gasteiger partial charge in [-0.1, -0.05) is 12.1 Å². The third kappa shape index (κ3) is 2.39. The number of hydrogen-bond acceptors (Lipinski definition) is 3. The van der Waals surface area contributed by atoms with Crippen LogP contribution in [0.2, 0.25) is 0 Å². The summed E-state index contributed by atoms with van der Waals surface area (Å²) in [5.41, 5.74) is 0.827. The number of carbonyl (C=O) groups excluding carboxylic acids is 1. The number of aromatic carboxylic acids is 1. The summed E-state index contributed by atoms with van der Waals surface area (Å²) >= 11 is 0. The van der Waals surface area contributed by atoms with Crippen LogP contribution < -0.4 is 4.90 Å². The van der Waals surface area contributed by atoms with Crippen LogP contribution in [0.5, 0.6) is 0 Å². The van der Waals surface area contributed by atoms with E-state index in [9.17, 15) is 14.4 Å². The maximum atomic E-state index is 12.0. The summed E-state index contributed by atoms with van der Waals surface area (Å²) in [4.78, 5) is 35.4. The number of aliphatic carboxylic acids is 1. The quantitative estimate of drug-likeness (QED) is 0.903. The summed E-state index contributed by atoms with van der Waals surface area (Å²) in [7, 11) is 0. The molecule has 1 saturated heterocycles. The zero-order chi connectivity index (χ0) is 15.9. The van der Waals surface area contributed by atoms with Crippen molar-refractivity contribution >= 4 is 34.3 Å². The molecule has 6 heteroatoms. The molecule has 112 valence electrons. The fraction of sp³-hybridized carbons (Fsp3) is 0.188. The Morgan fingerprint density at radius 3 is 2.36 bits per heavy atom. The molecule has 1 unspecified atom stereocenters. The predicted molar refractivity (Wildman–Crippen MR) is 79.0 cm³/mol. The van der Waals surface area contributed by atoms with Crippen LogP contribution in [-0.4, -0.2) is 34.6 Å². The second-order valence-corrected chi connectivity index (χ2v) is 5.30. The van der Waals surface area contributed by atoms with E-state index in [0.29, 0.717) is 5.69 Å². The van der Waals surface area contributed by atoms with Crippen molar-refractivity contribution in [1.29, 1.82) is 0 Å². The van der Waals surface area contributed by atoms with Crippen molar-refractivity contribution in [1.82, 2.24) is 0 Å². The summed E-state index contributed by atoms with van der Waals surface area (Å²) in [5, 5.41) is 19.5. The molecule has 2 aromatic rings. The lowest BCUT2D eigenvalue weighted by Crippen LogP contribution is -2.25. The molecule has 1 fully saturated rings. The van der Waals surface area contributed by atoms with Gasteiger partial charge < -0.3 is 15.1 Å². The van der Waals surface area contributed by atoms with Crippen LogP contribution in [0.1, 0.15) is 16.8 Å². The predicted octanol–water partition coefficient (Wildman–Crippen LogP) is 1.98. The van der Waals surface area contributed by atoms with E-state index in [-0.39, 0.29) is 24.4 Å². The standard InChI is InChI=1S/C16H13NO5/c18-14-7-12(16(21)22)8-17(14)13-4-3-9-5-11(15(19)20)2-1-10(9)6-13/h1-6,12H,7-8H2,(H,19,20)(H,21,22). The zero-order valence-electron chi connectivity index (χ0n) is 11.5. The van der Waals surface area contributed by atoms with Gasteiger partial charge in [0.1, 0.15) is 0 Å². The molecule has 1 aliphatic rings. The Bertz CT molecular complexity index is 798. The van der Waals surface area contributed by atoms with E-state index in [2.05, 4.69) is 0 Å². The maximum absolute atomic E-state index is 12.0. The molecular formula is C16H13NO5. The zero-order valence-corrected chi connectivity index (χ0v) is 11.5. The number of nitrogens with zero attached hydrogens (tertiary/aromatic N) is 1. The van der Waals surface area contributed by atoms with Crippen molar-refractivity contribution in [2.75, 3.05) is 11.4 Å². The largest absolute Gasteiger partial charge is 0.481 e. The normalized spacial score (nSPS) is 17.9. The van der Waals surface area contributed by atoms with Crippen molar-refractivity contribution in [2.45, 2.75) is 6.42 Å². The summed E-state index contributed by atoms with van der Waals surface area (Å²) in [6.07, 6.45) is 0.00528. The Labute approximate surface area is 125 Å². The van der Waals surface area contributed by atoms with E-state index < -0.39 is 17.9 Å². The minimum absolute atomic E-state index is 0.00528. The second kappa shape index (κ2) is 5.14. The number of anilines is 1. The smallest absolute Gasteiger partial charge is 0.335 e. The molecule has 1 amide bonds. The van der Waals surface area contributed by atoms with Gasteiger partial charge in [0, 0.05) is 18.7 Å². The first-order valence-electron chi connectivity index (χ1n) is 6.76. The van der Waals surface area contributed by atoms with Gasteiger partial charge in [0.15, 0.2) is 0 Å². The summed E-state index contributed by atoms with van der Waals surface area (Å²) < 4.78 is 0. The van der Waals surface area contributed by atoms with Crippen LogP contribution >= 0.6 is 0 Å². The first-order chi connectivity index (χ1) is 10.5. The highest BCUT2D eigenvalue weighted by atomic mass is 16.4. The van der Waals surface area contributed by atoms with Crippen LogP contribution in [0.25, 0.3) is 10.8 Å². The third-order valence-corrected chi connectivity index (χ3v) is 3.86. The van der Waals surface area contributed by atoms with Crippen molar-refractivity contribution in [2.24, 2.45) is 5.92 Å². The van der Waals surface area contributed by atoms with Crippen LogP contribution in [0.3, 0.4) is 0 Å². The van der Waals surface area contributed by atoms with E-state index in [0.717, 1.165) is 10.8 Å². The van der Waals surface area contributed by atoms with Crippen LogP contribution in [0.4, 0.5) is 5.69 Å². The topological polar surface area (TPSA) is 94.9 Å². The Kier molecular flexibility index (Phi) is 3.29. The highest BCUT2D eigenvalue weighted by Gasteiger charge is 2.35. The second-order valence-electron chi connectivity index (χ2n) is 5.30. The van der Waals surface area contributed by atoms with Crippen molar-refractivity contribution in [3.8, 4) is 0 Å². The van der Waals surface area contributed by atoms with Gasteiger partial charge in [0.25, 0.3) is 0 Å². The van der Waals surface area contributed by atoms with E-state index in [1.165, 1.54) is 11.0 Å². The molecule has 1 heterocycles. The number of fused-ring (bicyclic) bond motifs is 1. The number of carboxylic acid groups (broad SMARTS) is 2. The van der Waals surface area contributed by atoms with Gasteiger partial charge >= 0.3 is 11.9 Å². The molecule has 1 aliphatic heterocycles. The molecule has 6 nitrogen and oxygen atoms in total. The van der Waals surface area contributed by atoms with Gasteiger partial charge in [-0.3, -0.25) is 9.59 Å². The monoisotopic (exact) mass is 299 g/mol. The van der Waals surface area contributed by atoms with Gasteiger partial charge in [0.2, 0.25) is 5.91 Å². The van der Waals surface area contributed by atoms with Gasteiger partial charge in [-0.25, -0.2) is 4.79 Å². The SMILES string of the molecule is O=C(O)c1ccc2cc(N3CC(C(=O)O)CC3=O)ccc2c1. The lowest BCUT2D eigenvalue weighted by Gasteiger charge is -2.16. The van der Waals surface area contributed by atoms with Gasteiger partial charge in [-0.05, 0) is 35.0 Å². The molecular weight excluding hydrogens is 286 g/mol. The summed E-state index contributed by atoms with van der Waals surface area (Å²) in [6, 6.07) is 9.95. The molecule has 3 rings (SSSR count). The van der Waals surface area contributed by atoms with E-state index in [1.807, 2.05) is 0 Å². The molecule has 22 heavy (non-hydrogen) atoms. The summed E-state index contributed by atoms with van der Waals surface area (Å²) in [5.74, 6) is -2.86. The van der Waals surface area contributed by atoms with Crippen molar-refractivity contribution < 1.29 is 24.6 Å². The average Bonchev–Trinajstić information content (AvgIpc) is 2.88. The van der Waals surface area contributed by atoms with E-state index in [4.69, 9.17) is 10.2 Å². The van der Waals surface area contributed by atoms with E-state index in [1.54, 1.807) is 30.3 Å². The lowest BCUT2D eigenvalue weighted by atomic mass is 10.1. The fourth-order valence-corrected chi connectivity index (χ4v) is 2.66.